The first-order valence-electron chi connectivity index (χ1n) is 9.16. The molecule has 25 heavy (non-hydrogen) atoms. The highest BCUT2D eigenvalue weighted by Crippen LogP contribution is 2.25. The average Bonchev–Trinajstić information content (AvgIpc) is 2.65. The SMILES string of the molecule is CC(=O)N1CCN(C(=O)NCCOc2ccc3c(c2)CCCC3)CC1. The van der Waals surface area contributed by atoms with Crippen LogP contribution in [0.25, 0.3) is 0 Å². The second-order valence-corrected chi connectivity index (χ2v) is 6.71. The van der Waals surface area contributed by atoms with Crippen LogP contribution in [0.5, 0.6) is 5.75 Å². The topological polar surface area (TPSA) is 61.9 Å². The predicted octanol–water partition coefficient (Wildman–Crippen LogP) is 1.82. The molecule has 0 radical (unpaired) electrons. The Kier molecular flexibility index (Phi) is 5.79. The summed E-state index contributed by atoms with van der Waals surface area (Å²) in [6.07, 6.45) is 4.83. The number of nitrogens with zero attached hydrogens (tertiary/aromatic N) is 2. The van der Waals surface area contributed by atoms with Gasteiger partial charge in [-0.3, -0.25) is 4.79 Å². The van der Waals surface area contributed by atoms with Crippen molar-refractivity contribution >= 4 is 11.9 Å². The lowest BCUT2D eigenvalue weighted by molar-refractivity contribution is -0.130. The zero-order chi connectivity index (χ0) is 17.6. The smallest absolute Gasteiger partial charge is 0.317 e. The van der Waals surface area contributed by atoms with Crippen molar-refractivity contribution in [3.05, 3.63) is 29.3 Å². The second kappa shape index (κ2) is 8.23. The number of piperazine rings is 1. The number of benzene rings is 1. The molecule has 3 rings (SSSR count). The molecule has 1 heterocycles. The molecular formula is C19H27N3O3. The van der Waals surface area contributed by atoms with Crippen molar-refractivity contribution in [1.82, 2.24) is 15.1 Å². The van der Waals surface area contributed by atoms with Gasteiger partial charge in [0.25, 0.3) is 0 Å². The fraction of sp³-hybridized carbons (Fsp3) is 0.579. The van der Waals surface area contributed by atoms with Crippen LogP contribution in [0.1, 0.15) is 30.9 Å². The third kappa shape index (κ3) is 4.65. The van der Waals surface area contributed by atoms with Gasteiger partial charge in [-0.2, -0.15) is 0 Å². The summed E-state index contributed by atoms with van der Waals surface area (Å²) in [6.45, 7) is 4.87. The van der Waals surface area contributed by atoms with Gasteiger partial charge in [-0.15, -0.1) is 0 Å². The number of ether oxygens (including phenoxy) is 1. The largest absolute Gasteiger partial charge is 0.492 e. The molecule has 1 fully saturated rings. The second-order valence-electron chi connectivity index (χ2n) is 6.71. The molecule has 136 valence electrons. The first-order chi connectivity index (χ1) is 12.1. The van der Waals surface area contributed by atoms with Crippen molar-refractivity contribution in [3.8, 4) is 5.75 Å². The maximum atomic E-state index is 12.1. The van der Waals surface area contributed by atoms with Crippen LogP contribution in [0.2, 0.25) is 0 Å². The van der Waals surface area contributed by atoms with Gasteiger partial charge >= 0.3 is 6.03 Å². The first kappa shape index (κ1) is 17.6. The van der Waals surface area contributed by atoms with E-state index in [1.807, 2.05) is 6.07 Å². The molecule has 1 aromatic carbocycles. The average molecular weight is 345 g/mol. The van der Waals surface area contributed by atoms with Gasteiger partial charge in [-0.1, -0.05) is 6.07 Å². The Morgan fingerprint density at radius 1 is 1.04 bits per heavy atom. The van der Waals surface area contributed by atoms with E-state index < -0.39 is 0 Å². The van der Waals surface area contributed by atoms with Crippen molar-refractivity contribution < 1.29 is 14.3 Å². The van der Waals surface area contributed by atoms with E-state index >= 15 is 0 Å². The quantitative estimate of drug-likeness (QED) is 0.847. The van der Waals surface area contributed by atoms with E-state index in [1.165, 1.54) is 30.4 Å². The number of fused-ring (bicyclic) bond motifs is 1. The number of urea groups is 1. The highest BCUT2D eigenvalue weighted by molar-refractivity contribution is 5.76. The van der Waals surface area contributed by atoms with Gasteiger partial charge < -0.3 is 19.9 Å². The van der Waals surface area contributed by atoms with Gasteiger partial charge in [-0.05, 0) is 48.9 Å². The lowest BCUT2D eigenvalue weighted by Gasteiger charge is -2.34. The van der Waals surface area contributed by atoms with Crippen molar-refractivity contribution in [1.29, 1.82) is 0 Å². The summed E-state index contributed by atoms with van der Waals surface area (Å²) in [5.41, 5.74) is 2.84. The molecule has 0 saturated carbocycles. The van der Waals surface area contributed by atoms with E-state index in [-0.39, 0.29) is 11.9 Å². The van der Waals surface area contributed by atoms with E-state index in [9.17, 15) is 9.59 Å². The number of nitrogens with one attached hydrogen (secondary N) is 1. The van der Waals surface area contributed by atoms with Gasteiger partial charge in [0, 0.05) is 33.1 Å². The van der Waals surface area contributed by atoms with Crippen LogP contribution in [0.4, 0.5) is 4.79 Å². The molecule has 1 aliphatic heterocycles. The van der Waals surface area contributed by atoms with Crippen molar-refractivity contribution in [2.45, 2.75) is 32.6 Å². The number of amides is 3. The molecular weight excluding hydrogens is 318 g/mol. The molecule has 6 nitrogen and oxygen atoms in total. The molecule has 1 N–H and O–H groups in total. The van der Waals surface area contributed by atoms with Crippen molar-refractivity contribution in [3.63, 3.8) is 0 Å². The predicted molar refractivity (Wildman–Crippen MR) is 95.8 cm³/mol. The minimum absolute atomic E-state index is 0.0681. The maximum absolute atomic E-state index is 12.1. The summed E-state index contributed by atoms with van der Waals surface area (Å²) >= 11 is 0. The Morgan fingerprint density at radius 2 is 1.72 bits per heavy atom. The van der Waals surface area contributed by atoms with Crippen LogP contribution < -0.4 is 10.1 Å². The molecule has 1 aliphatic carbocycles. The minimum Gasteiger partial charge on any atom is -0.492 e. The van der Waals surface area contributed by atoms with Gasteiger partial charge in [0.05, 0.1) is 6.54 Å². The normalized spacial score (nSPS) is 17.0. The number of aryl methyl sites for hydroxylation is 2. The monoisotopic (exact) mass is 345 g/mol. The van der Waals surface area contributed by atoms with Crippen molar-refractivity contribution in [2.24, 2.45) is 0 Å². The molecule has 0 atom stereocenters. The van der Waals surface area contributed by atoms with E-state index in [4.69, 9.17) is 4.74 Å². The number of hydrogen-bond acceptors (Lipinski definition) is 3. The Labute approximate surface area is 149 Å². The maximum Gasteiger partial charge on any atom is 0.317 e. The van der Waals surface area contributed by atoms with Crippen LogP contribution in [-0.4, -0.2) is 61.1 Å². The van der Waals surface area contributed by atoms with Crippen LogP contribution in [0, 0.1) is 0 Å². The molecule has 2 aliphatic rings. The van der Waals surface area contributed by atoms with Crippen LogP contribution in [-0.2, 0) is 17.6 Å². The number of rotatable bonds is 4. The summed E-state index contributed by atoms with van der Waals surface area (Å²) in [7, 11) is 0. The summed E-state index contributed by atoms with van der Waals surface area (Å²) < 4.78 is 5.77. The highest BCUT2D eigenvalue weighted by atomic mass is 16.5. The molecule has 3 amide bonds. The molecule has 6 heteroatoms. The van der Waals surface area contributed by atoms with Gasteiger partial charge in [0.1, 0.15) is 12.4 Å². The first-order valence-corrected chi connectivity index (χ1v) is 9.16. The van der Waals surface area contributed by atoms with E-state index in [0.29, 0.717) is 39.3 Å². The lowest BCUT2D eigenvalue weighted by atomic mass is 9.92. The third-order valence-corrected chi connectivity index (χ3v) is 4.98. The van der Waals surface area contributed by atoms with E-state index in [2.05, 4.69) is 17.4 Å². The Morgan fingerprint density at radius 3 is 2.44 bits per heavy atom. The molecule has 0 bridgehead atoms. The van der Waals surface area contributed by atoms with Crippen LogP contribution in [0.15, 0.2) is 18.2 Å². The standard InChI is InChI=1S/C19H27N3O3/c1-15(23)21-9-11-22(12-10-21)19(24)20-8-13-25-18-7-6-16-4-2-3-5-17(16)14-18/h6-7,14H,2-5,8-13H2,1H3,(H,20,24). The Hall–Kier alpha value is -2.24. The van der Waals surface area contributed by atoms with Gasteiger partial charge in [0.2, 0.25) is 5.91 Å². The summed E-state index contributed by atoms with van der Waals surface area (Å²) in [6, 6.07) is 6.23. The summed E-state index contributed by atoms with van der Waals surface area (Å²) in [5, 5.41) is 2.89. The zero-order valence-corrected chi connectivity index (χ0v) is 14.9. The molecule has 0 unspecified atom stereocenters. The van der Waals surface area contributed by atoms with Crippen molar-refractivity contribution in [2.75, 3.05) is 39.3 Å². The van der Waals surface area contributed by atoms with E-state index in [0.717, 1.165) is 12.2 Å². The highest BCUT2D eigenvalue weighted by Gasteiger charge is 2.21. The summed E-state index contributed by atoms with van der Waals surface area (Å²) in [4.78, 5) is 26.9. The number of hydrogen-bond donors (Lipinski definition) is 1. The molecule has 1 aromatic rings. The lowest BCUT2D eigenvalue weighted by Crippen LogP contribution is -2.53. The number of carbonyl (C=O) groups excluding carboxylic acids is 2. The summed E-state index contributed by atoms with van der Waals surface area (Å²) in [5.74, 6) is 0.948. The zero-order valence-electron chi connectivity index (χ0n) is 14.9. The Balaban J connectivity index is 1.37. The minimum atomic E-state index is -0.0859. The molecule has 1 saturated heterocycles. The van der Waals surface area contributed by atoms with Crippen LogP contribution in [0.3, 0.4) is 0 Å². The van der Waals surface area contributed by atoms with E-state index in [1.54, 1.807) is 16.7 Å². The van der Waals surface area contributed by atoms with Gasteiger partial charge in [0.15, 0.2) is 0 Å². The molecule has 0 spiro atoms. The third-order valence-electron chi connectivity index (χ3n) is 4.98. The van der Waals surface area contributed by atoms with Gasteiger partial charge in [-0.25, -0.2) is 4.79 Å². The fourth-order valence-corrected chi connectivity index (χ4v) is 3.46. The number of carbonyl (C=O) groups is 2. The van der Waals surface area contributed by atoms with Crippen LogP contribution >= 0.6 is 0 Å². The Bertz CT molecular complexity index is 624. The fourth-order valence-electron chi connectivity index (χ4n) is 3.46. The molecule has 0 aromatic heterocycles.